The Hall–Kier alpha value is 0.740. The Labute approximate surface area is 108 Å². The molecule has 0 fully saturated rings. The molecule has 4 heteroatoms. The SMILES string of the molecule is Sc1csc2c(I)ccc(CBr)c12. The Morgan fingerprint density at radius 2 is 2.23 bits per heavy atom. The molecule has 0 saturated carbocycles. The summed E-state index contributed by atoms with van der Waals surface area (Å²) in [5, 5.41) is 4.30. The lowest BCUT2D eigenvalue weighted by Gasteiger charge is -2.01. The maximum absolute atomic E-state index is 4.46. The van der Waals surface area contributed by atoms with Gasteiger partial charge in [0.1, 0.15) is 0 Å². The summed E-state index contributed by atoms with van der Waals surface area (Å²) in [4.78, 5) is 1.09. The minimum Gasteiger partial charge on any atom is -0.142 e. The fourth-order valence-corrected chi connectivity index (χ4v) is 3.95. The van der Waals surface area contributed by atoms with Gasteiger partial charge in [-0.05, 0) is 34.2 Å². The van der Waals surface area contributed by atoms with Gasteiger partial charge in [0.2, 0.25) is 0 Å². The highest BCUT2D eigenvalue weighted by Gasteiger charge is 2.08. The van der Waals surface area contributed by atoms with Crippen LogP contribution in [0.25, 0.3) is 10.1 Å². The molecule has 1 heterocycles. The number of benzene rings is 1. The van der Waals surface area contributed by atoms with E-state index in [1.54, 1.807) is 11.3 Å². The minimum atomic E-state index is 0.894. The van der Waals surface area contributed by atoms with Crippen molar-refractivity contribution in [1.29, 1.82) is 0 Å². The minimum absolute atomic E-state index is 0.894. The molecule has 0 aliphatic heterocycles. The van der Waals surface area contributed by atoms with Gasteiger partial charge in [0, 0.05) is 29.3 Å². The summed E-state index contributed by atoms with van der Waals surface area (Å²) in [6, 6.07) is 4.31. The quantitative estimate of drug-likeness (QED) is 0.411. The smallest absolute Gasteiger partial charge is 0.0490 e. The molecule has 0 bridgehead atoms. The fourth-order valence-electron chi connectivity index (χ4n) is 1.28. The number of fused-ring (bicyclic) bond motifs is 1. The second kappa shape index (κ2) is 4.08. The molecule has 0 aliphatic carbocycles. The summed E-state index contributed by atoms with van der Waals surface area (Å²) in [6.07, 6.45) is 0. The van der Waals surface area contributed by atoms with Gasteiger partial charge in [0.15, 0.2) is 0 Å². The van der Waals surface area contributed by atoms with E-state index in [0.717, 1.165) is 10.2 Å². The molecule has 2 aromatic rings. The zero-order chi connectivity index (χ0) is 9.42. The van der Waals surface area contributed by atoms with Gasteiger partial charge < -0.3 is 0 Å². The number of alkyl halides is 1. The lowest BCUT2D eigenvalue weighted by atomic mass is 10.1. The highest BCUT2D eigenvalue weighted by molar-refractivity contribution is 14.1. The third-order valence-electron chi connectivity index (χ3n) is 1.88. The van der Waals surface area contributed by atoms with Crippen molar-refractivity contribution in [2.24, 2.45) is 0 Å². The summed E-state index contributed by atoms with van der Waals surface area (Å²) in [7, 11) is 0. The largest absolute Gasteiger partial charge is 0.142 e. The first kappa shape index (κ1) is 10.3. The summed E-state index contributed by atoms with van der Waals surface area (Å²) in [5.41, 5.74) is 1.32. The van der Waals surface area contributed by atoms with Crippen LogP contribution in [0, 0.1) is 3.57 Å². The van der Waals surface area contributed by atoms with Crippen LogP contribution < -0.4 is 0 Å². The van der Waals surface area contributed by atoms with Crippen molar-refractivity contribution in [2.45, 2.75) is 10.2 Å². The molecule has 68 valence electrons. The van der Waals surface area contributed by atoms with Crippen molar-refractivity contribution in [1.82, 2.24) is 0 Å². The summed E-state index contributed by atoms with van der Waals surface area (Å²) in [6.45, 7) is 0. The van der Waals surface area contributed by atoms with Gasteiger partial charge in [-0.25, -0.2) is 0 Å². The zero-order valence-electron chi connectivity index (χ0n) is 6.55. The highest BCUT2D eigenvalue weighted by atomic mass is 127. The van der Waals surface area contributed by atoms with Gasteiger partial charge in [-0.2, -0.15) is 0 Å². The molecule has 2 rings (SSSR count). The summed E-state index contributed by atoms with van der Waals surface area (Å²) < 4.78 is 2.66. The van der Waals surface area contributed by atoms with Crippen LogP contribution in [0.15, 0.2) is 22.4 Å². The maximum atomic E-state index is 4.46. The number of hydrogen-bond donors (Lipinski definition) is 1. The van der Waals surface area contributed by atoms with Gasteiger partial charge in [-0.15, -0.1) is 24.0 Å². The molecule has 0 radical (unpaired) electrons. The zero-order valence-corrected chi connectivity index (χ0v) is 12.0. The number of thiophene rings is 1. The molecule has 0 N–H and O–H groups in total. The molecular formula is C9H6BrIS2. The third-order valence-corrected chi connectivity index (χ3v) is 5.29. The molecule has 0 spiro atoms. The van der Waals surface area contributed by atoms with E-state index in [4.69, 9.17) is 0 Å². The molecule has 1 aromatic carbocycles. The van der Waals surface area contributed by atoms with Crippen LogP contribution >= 0.6 is 62.5 Å². The van der Waals surface area contributed by atoms with Crippen LogP contribution in [-0.4, -0.2) is 0 Å². The molecule has 0 atom stereocenters. The molecule has 0 saturated heterocycles. The number of thiol groups is 1. The van der Waals surface area contributed by atoms with Gasteiger partial charge in [-0.1, -0.05) is 22.0 Å². The predicted octanol–water partition coefficient (Wildman–Crippen LogP) is 4.69. The second-order valence-electron chi connectivity index (χ2n) is 2.67. The Balaban J connectivity index is 2.88. The third kappa shape index (κ3) is 1.78. The van der Waals surface area contributed by atoms with Crippen molar-refractivity contribution in [3.8, 4) is 0 Å². The Bertz CT molecular complexity index is 450. The molecular weight excluding hydrogens is 379 g/mol. The van der Waals surface area contributed by atoms with E-state index in [1.165, 1.54) is 19.2 Å². The fraction of sp³-hybridized carbons (Fsp3) is 0.111. The van der Waals surface area contributed by atoms with Crippen LogP contribution in [0.4, 0.5) is 0 Å². The van der Waals surface area contributed by atoms with Crippen LogP contribution in [0.1, 0.15) is 5.56 Å². The average Bonchev–Trinajstić information content (AvgIpc) is 2.51. The van der Waals surface area contributed by atoms with Crippen LogP contribution in [0.5, 0.6) is 0 Å². The monoisotopic (exact) mass is 384 g/mol. The van der Waals surface area contributed by atoms with Gasteiger partial charge in [0.25, 0.3) is 0 Å². The lowest BCUT2D eigenvalue weighted by molar-refractivity contribution is 1.46. The Kier molecular flexibility index (Phi) is 3.22. The van der Waals surface area contributed by atoms with Crippen LogP contribution in [0.3, 0.4) is 0 Å². The van der Waals surface area contributed by atoms with Gasteiger partial charge in [0.05, 0.1) is 0 Å². The van der Waals surface area contributed by atoms with Gasteiger partial charge in [-0.3, -0.25) is 0 Å². The summed E-state index contributed by atoms with van der Waals surface area (Å²) >= 11 is 12.1. The maximum Gasteiger partial charge on any atom is 0.0490 e. The summed E-state index contributed by atoms with van der Waals surface area (Å²) in [5.74, 6) is 0. The average molecular weight is 385 g/mol. The Morgan fingerprint density at radius 1 is 1.46 bits per heavy atom. The van der Waals surface area contributed by atoms with Crippen molar-refractivity contribution < 1.29 is 0 Å². The lowest BCUT2D eigenvalue weighted by Crippen LogP contribution is -1.81. The standard InChI is InChI=1S/C9H6BrIS2/c10-3-5-1-2-6(11)9-8(5)7(12)4-13-9/h1-2,4,12H,3H2. The van der Waals surface area contributed by atoms with E-state index in [1.807, 2.05) is 0 Å². The highest BCUT2D eigenvalue weighted by Crippen LogP contribution is 2.35. The first-order valence-electron chi connectivity index (χ1n) is 3.67. The van der Waals surface area contributed by atoms with Crippen LogP contribution in [0.2, 0.25) is 0 Å². The van der Waals surface area contributed by atoms with E-state index in [0.29, 0.717) is 0 Å². The first-order valence-corrected chi connectivity index (χ1v) is 7.20. The predicted molar refractivity (Wildman–Crippen MR) is 74.4 cm³/mol. The number of halogens is 2. The van der Waals surface area contributed by atoms with E-state index in [9.17, 15) is 0 Å². The van der Waals surface area contributed by atoms with E-state index >= 15 is 0 Å². The van der Waals surface area contributed by atoms with Crippen LogP contribution in [-0.2, 0) is 5.33 Å². The molecule has 0 nitrogen and oxygen atoms in total. The molecule has 0 amide bonds. The normalized spacial score (nSPS) is 11.0. The topological polar surface area (TPSA) is 0 Å². The van der Waals surface area contributed by atoms with Crippen molar-refractivity contribution >= 4 is 72.6 Å². The van der Waals surface area contributed by atoms with Gasteiger partial charge >= 0.3 is 0 Å². The number of hydrogen-bond acceptors (Lipinski definition) is 2. The Morgan fingerprint density at radius 3 is 2.92 bits per heavy atom. The second-order valence-corrected chi connectivity index (χ2v) is 5.75. The van der Waals surface area contributed by atoms with Crippen molar-refractivity contribution in [3.05, 3.63) is 26.6 Å². The van der Waals surface area contributed by atoms with E-state index < -0.39 is 0 Å². The van der Waals surface area contributed by atoms with E-state index in [2.05, 4.69) is 68.7 Å². The van der Waals surface area contributed by atoms with Crippen molar-refractivity contribution in [3.63, 3.8) is 0 Å². The molecule has 0 unspecified atom stereocenters. The van der Waals surface area contributed by atoms with E-state index in [-0.39, 0.29) is 0 Å². The molecule has 0 aliphatic rings. The van der Waals surface area contributed by atoms with Crippen molar-refractivity contribution in [2.75, 3.05) is 0 Å². The first-order chi connectivity index (χ1) is 6.24. The molecule has 1 aromatic heterocycles. The number of rotatable bonds is 1. The molecule has 13 heavy (non-hydrogen) atoms.